The van der Waals surface area contributed by atoms with Gasteiger partial charge in [0.25, 0.3) is 11.6 Å². The molecule has 0 spiro atoms. The van der Waals surface area contributed by atoms with Gasteiger partial charge < -0.3 is 15.6 Å². The first-order valence-electron chi connectivity index (χ1n) is 7.26. The van der Waals surface area contributed by atoms with E-state index in [4.69, 9.17) is 10.3 Å². The Hall–Kier alpha value is -2.48. The molecule has 0 aliphatic rings. The van der Waals surface area contributed by atoms with Crippen LogP contribution in [-0.4, -0.2) is 27.6 Å². The van der Waals surface area contributed by atoms with E-state index in [9.17, 15) is 4.79 Å². The Morgan fingerprint density at radius 2 is 2.22 bits per heavy atom. The van der Waals surface area contributed by atoms with Crippen LogP contribution in [0, 0.1) is 13.8 Å². The quantitative estimate of drug-likeness (QED) is 0.694. The number of pyridine rings is 1. The molecule has 3 rings (SSSR count). The van der Waals surface area contributed by atoms with Crippen LogP contribution in [0.3, 0.4) is 0 Å². The second-order valence-corrected chi connectivity index (χ2v) is 6.19. The Morgan fingerprint density at radius 3 is 2.96 bits per heavy atom. The Labute approximate surface area is 136 Å². The fourth-order valence-corrected chi connectivity index (χ4v) is 3.00. The molecule has 3 heterocycles. The molecule has 3 aromatic heterocycles. The SMILES string of the molecule is Cc1cc(C(=O)NCCCc2csc(N)n2)c2c(C)noc2n1. The maximum absolute atomic E-state index is 12.4. The van der Waals surface area contributed by atoms with Crippen molar-refractivity contribution in [3.05, 3.63) is 34.1 Å². The van der Waals surface area contributed by atoms with Crippen LogP contribution in [0.25, 0.3) is 11.1 Å². The van der Waals surface area contributed by atoms with Gasteiger partial charge in [0.2, 0.25) is 0 Å². The maximum Gasteiger partial charge on any atom is 0.258 e. The lowest BCUT2D eigenvalue weighted by Crippen LogP contribution is -2.25. The Balaban J connectivity index is 1.65. The van der Waals surface area contributed by atoms with E-state index in [2.05, 4.69) is 20.4 Å². The number of amides is 1. The third kappa shape index (κ3) is 3.31. The number of carbonyl (C=O) groups excluding carboxylic acids is 1. The number of anilines is 1. The van der Waals surface area contributed by atoms with Crippen molar-refractivity contribution >= 4 is 33.5 Å². The first-order valence-corrected chi connectivity index (χ1v) is 8.14. The smallest absolute Gasteiger partial charge is 0.258 e. The average molecular weight is 331 g/mol. The van der Waals surface area contributed by atoms with E-state index in [0.717, 1.165) is 24.2 Å². The fourth-order valence-electron chi connectivity index (χ4n) is 2.40. The van der Waals surface area contributed by atoms with Crippen molar-refractivity contribution in [2.45, 2.75) is 26.7 Å². The third-order valence-corrected chi connectivity index (χ3v) is 4.18. The summed E-state index contributed by atoms with van der Waals surface area (Å²) < 4.78 is 5.15. The van der Waals surface area contributed by atoms with E-state index in [0.29, 0.717) is 34.0 Å². The molecule has 3 N–H and O–H groups in total. The van der Waals surface area contributed by atoms with Crippen molar-refractivity contribution in [2.24, 2.45) is 0 Å². The number of aryl methyl sites for hydroxylation is 3. The third-order valence-electron chi connectivity index (χ3n) is 3.45. The van der Waals surface area contributed by atoms with Crippen molar-refractivity contribution < 1.29 is 9.32 Å². The van der Waals surface area contributed by atoms with Crippen LogP contribution in [0.4, 0.5) is 5.13 Å². The Kier molecular flexibility index (Phi) is 4.24. The molecule has 0 bridgehead atoms. The zero-order chi connectivity index (χ0) is 16.4. The molecule has 0 unspecified atom stereocenters. The first kappa shape index (κ1) is 15.4. The summed E-state index contributed by atoms with van der Waals surface area (Å²) in [5.41, 5.74) is 8.87. The van der Waals surface area contributed by atoms with Gasteiger partial charge in [-0.15, -0.1) is 11.3 Å². The highest BCUT2D eigenvalue weighted by Gasteiger charge is 2.17. The number of nitrogen functional groups attached to an aromatic ring is 1. The van der Waals surface area contributed by atoms with E-state index in [-0.39, 0.29) is 5.91 Å². The summed E-state index contributed by atoms with van der Waals surface area (Å²) in [6.07, 6.45) is 1.58. The summed E-state index contributed by atoms with van der Waals surface area (Å²) in [6.45, 7) is 4.18. The van der Waals surface area contributed by atoms with Crippen LogP contribution in [0.15, 0.2) is 16.0 Å². The predicted molar refractivity (Wildman–Crippen MR) is 88.5 cm³/mol. The summed E-state index contributed by atoms with van der Waals surface area (Å²) >= 11 is 1.43. The second kappa shape index (κ2) is 6.33. The fraction of sp³-hybridized carbons (Fsp3) is 0.333. The molecule has 120 valence electrons. The van der Waals surface area contributed by atoms with Gasteiger partial charge in [0.15, 0.2) is 5.13 Å². The van der Waals surface area contributed by atoms with Gasteiger partial charge in [0.05, 0.1) is 22.3 Å². The maximum atomic E-state index is 12.4. The molecular formula is C15H17N5O2S. The molecule has 0 saturated heterocycles. The number of nitrogens with one attached hydrogen (secondary N) is 1. The highest BCUT2D eigenvalue weighted by atomic mass is 32.1. The number of carbonyl (C=O) groups is 1. The Bertz CT molecular complexity index is 855. The zero-order valence-electron chi connectivity index (χ0n) is 12.9. The molecule has 0 aliphatic carbocycles. The van der Waals surface area contributed by atoms with Gasteiger partial charge in [-0.3, -0.25) is 4.79 Å². The lowest BCUT2D eigenvalue weighted by Gasteiger charge is -2.06. The number of hydrogen-bond acceptors (Lipinski definition) is 7. The van der Waals surface area contributed by atoms with Gasteiger partial charge in [-0.2, -0.15) is 0 Å². The number of aromatic nitrogens is 3. The number of hydrogen-bond donors (Lipinski definition) is 2. The minimum Gasteiger partial charge on any atom is -0.375 e. The minimum absolute atomic E-state index is 0.149. The summed E-state index contributed by atoms with van der Waals surface area (Å²) in [4.78, 5) is 20.9. The predicted octanol–water partition coefficient (Wildman–Crippen LogP) is 2.24. The molecule has 8 heteroatoms. The lowest BCUT2D eigenvalue weighted by atomic mass is 10.1. The molecule has 0 fully saturated rings. The van der Waals surface area contributed by atoms with E-state index >= 15 is 0 Å². The average Bonchev–Trinajstić information content (AvgIpc) is 3.09. The van der Waals surface area contributed by atoms with Crippen molar-refractivity contribution in [1.82, 2.24) is 20.4 Å². The number of rotatable bonds is 5. The topological polar surface area (TPSA) is 107 Å². The number of thiazole rings is 1. The van der Waals surface area contributed by atoms with E-state index in [1.807, 2.05) is 12.3 Å². The van der Waals surface area contributed by atoms with E-state index in [1.54, 1.807) is 13.0 Å². The molecule has 3 aromatic rings. The van der Waals surface area contributed by atoms with Gasteiger partial charge in [0.1, 0.15) is 0 Å². The first-order chi connectivity index (χ1) is 11.0. The van der Waals surface area contributed by atoms with Crippen molar-refractivity contribution in [2.75, 3.05) is 12.3 Å². The normalized spacial score (nSPS) is 11.0. The van der Waals surface area contributed by atoms with Gasteiger partial charge in [-0.05, 0) is 32.8 Å². The highest BCUT2D eigenvalue weighted by Crippen LogP contribution is 2.21. The van der Waals surface area contributed by atoms with Crippen molar-refractivity contribution in [3.8, 4) is 0 Å². The molecule has 0 aromatic carbocycles. The van der Waals surface area contributed by atoms with Gasteiger partial charge in [-0.25, -0.2) is 9.97 Å². The van der Waals surface area contributed by atoms with Crippen molar-refractivity contribution in [3.63, 3.8) is 0 Å². The summed E-state index contributed by atoms with van der Waals surface area (Å²) in [6, 6.07) is 1.75. The number of fused-ring (bicyclic) bond motifs is 1. The molecule has 1 amide bonds. The molecule has 0 saturated carbocycles. The van der Waals surface area contributed by atoms with Gasteiger partial charge in [-0.1, -0.05) is 5.16 Å². The van der Waals surface area contributed by atoms with Crippen LogP contribution in [0.1, 0.15) is 33.9 Å². The minimum atomic E-state index is -0.149. The van der Waals surface area contributed by atoms with Crippen LogP contribution >= 0.6 is 11.3 Å². The van der Waals surface area contributed by atoms with Crippen LogP contribution in [0.2, 0.25) is 0 Å². The molecule has 7 nitrogen and oxygen atoms in total. The van der Waals surface area contributed by atoms with Gasteiger partial charge >= 0.3 is 0 Å². The van der Waals surface area contributed by atoms with E-state index in [1.165, 1.54) is 11.3 Å². The summed E-state index contributed by atoms with van der Waals surface area (Å²) in [5, 5.41) is 9.98. The molecule has 23 heavy (non-hydrogen) atoms. The summed E-state index contributed by atoms with van der Waals surface area (Å²) in [5.74, 6) is -0.149. The molecule has 0 aliphatic heterocycles. The largest absolute Gasteiger partial charge is 0.375 e. The second-order valence-electron chi connectivity index (χ2n) is 5.30. The molecule has 0 radical (unpaired) electrons. The molecule has 0 atom stereocenters. The van der Waals surface area contributed by atoms with Crippen LogP contribution < -0.4 is 11.1 Å². The lowest BCUT2D eigenvalue weighted by molar-refractivity contribution is 0.0954. The zero-order valence-corrected chi connectivity index (χ0v) is 13.7. The Morgan fingerprint density at radius 1 is 1.39 bits per heavy atom. The van der Waals surface area contributed by atoms with Crippen molar-refractivity contribution in [1.29, 1.82) is 0 Å². The van der Waals surface area contributed by atoms with Crippen LogP contribution in [-0.2, 0) is 6.42 Å². The monoisotopic (exact) mass is 331 g/mol. The standard InChI is InChI=1S/C15H17N5O2S/c1-8-6-11(12-9(2)20-22-14(12)18-8)13(21)17-5-3-4-10-7-23-15(16)19-10/h6-7H,3-5H2,1-2H3,(H2,16,19)(H,17,21). The highest BCUT2D eigenvalue weighted by molar-refractivity contribution is 7.13. The summed E-state index contributed by atoms with van der Waals surface area (Å²) in [7, 11) is 0. The molecular weight excluding hydrogens is 314 g/mol. The van der Waals surface area contributed by atoms with E-state index < -0.39 is 0 Å². The number of nitrogens with zero attached hydrogens (tertiary/aromatic N) is 3. The van der Waals surface area contributed by atoms with Gasteiger partial charge in [0, 0.05) is 17.6 Å². The van der Waals surface area contributed by atoms with Crippen LogP contribution in [0.5, 0.6) is 0 Å². The number of nitrogens with two attached hydrogens (primary N) is 1.